The predicted octanol–water partition coefficient (Wildman–Crippen LogP) is 2.93. The fourth-order valence-electron chi connectivity index (χ4n) is 3.45. The molecule has 1 unspecified atom stereocenters. The van der Waals surface area contributed by atoms with Crippen LogP contribution < -0.4 is 9.47 Å². The largest absolute Gasteiger partial charge is 0.496 e. The van der Waals surface area contributed by atoms with Crippen molar-refractivity contribution in [2.24, 2.45) is 0 Å². The molecule has 1 saturated heterocycles. The molecule has 0 aromatic heterocycles. The average molecular weight is 337 g/mol. The number of rotatable bonds is 3. The lowest BCUT2D eigenvalue weighted by molar-refractivity contribution is 0.0260. The minimum atomic E-state index is -1.01. The quantitative estimate of drug-likeness (QED) is 0.915. The first-order valence-electron chi connectivity index (χ1n) is 7.19. The number of hydrogen-bond donors (Lipinski definition) is 1. The first-order valence-corrected chi connectivity index (χ1v) is 9.16. The van der Waals surface area contributed by atoms with Gasteiger partial charge in [0.25, 0.3) is 0 Å². The summed E-state index contributed by atoms with van der Waals surface area (Å²) < 4.78 is 10.9. The van der Waals surface area contributed by atoms with Crippen LogP contribution in [-0.4, -0.2) is 36.4 Å². The summed E-state index contributed by atoms with van der Waals surface area (Å²) in [5, 5.41) is 20.1. The number of benzene rings is 1. The van der Waals surface area contributed by atoms with Gasteiger partial charge in [0, 0.05) is 35.5 Å². The number of fused-ring (bicyclic) bond motifs is 2. The highest BCUT2D eigenvalue weighted by Gasteiger charge is 2.52. The minimum absolute atomic E-state index is 0.135. The zero-order chi connectivity index (χ0) is 15.8. The Hall–Kier alpha value is -1.03. The Bertz CT molecular complexity index is 623. The highest BCUT2D eigenvalue weighted by molar-refractivity contribution is 8.20. The molecular weight excluding hydrogens is 318 g/mol. The van der Waals surface area contributed by atoms with Crippen molar-refractivity contribution in [3.05, 3.63) is 23.3 Å². The molecule has 1 N–H and O–H groups in total. The maximum atomic E-state index is 11.0. The van der Waals surface area contributed by atoms with E-state index in [4.69, 9.17) is 14.7 Å². The van der Waals surface area contributed by atoms with Crippen molar-refractivity contribution in [1.29, 1.82) is 5.26 Å². The second-order valence-corrected chi connectivity index (χ2v) is 8.73. The predicted molar refractivity (Wildman–Crippen MR) is 89.6 cm³/mol. The van der Waals surface area contributed by atoms with Gasteiger partial charge in [-0.05, 0) is 12.1 Å². The van der Waals surface area contributed by atoms with Crippen molar-refractivity contribution in [3.63, 3.8) is 0 Å². The van der Waals surface area contributed by atoms with Crippen molar-refractivity contribution >= 4 is 23.5 Å². The van der Waals surface area contributed by atoms with Gasteiger partial charge in [-0.3, -0.25) is 0 Å². The van der Waals surface area contributed by atoms with E-state index in [0.29, 0.717) is 12.8 Å². The van der Waals surface area contributed by atoms with E-state index in [-0.39, 0.29) is 10.5 Å². The Kier molecular flexibility index (Phi) is 4.23. The van der Waals surface area contributed by atoms with Crippen LogP contribution in [0.3, 0.4) is 0 Å². The van der Waals surface area contributed by atoms with E-state index in [0.717, 1.165) is 34.1 Å². The van der Waals surface area contributed by atoms with Gasteiger partial charge >= 0.3 is 0 Å². The van der Waals surface area contributed by atoms with Crippen LogP contribution in [0.4, 0.5) is 0 Å². The Morgan fingerprint density at radius 1 is 1.23 bits per heavy atom. The van der Waals surface area contributed by atoms with Gasteiger partial charge in [-0.2, -0.15) is 5.26 Å². The van der Waals surface area contributed by atoms with E-state index in [2.05, 4.69) is 6.07 Å². The molecule has 6 heteroatoms. The number of ether oxygens (including phenoxy) is 2. The van der Waals surface area contributed by atoms with Crippen LogP contribution in [0.25, 0.3) is 0 Å². The van der Waals surface area contributed by atoms with Crippen LogP contribution in [0.2, 0.25) is 0 Å². The molecule has 1 spiro atoms. The topological polar surface area (TPSA) is 62.5 Å². The molecule has 0 bridgehead atoms. The number of aliphatic hydroxyl groups is 1. The zero-order valence-corrected chi connectivity index (χ0v) is 14.4. The SMILES string of the molecule is COc1ccc(OC)c2c1CC(O)(CC#N)CC21SCCS1. The fraction of sp³-hybridized carbons (Fsp3) is 0.562. The summed E-state index contributed by atoms with van der Waals surface area (Å²) in [6.45, 7) is 0. The minimum Gasteiger partial charge on any atom is -0.496 e. The second-order valence-electron chi connectivity index (χ2n) is 5.69. The van der Waals surface area contributed by atoms with Gasteiger partial charge in [0.05, 0.1) is 36.4 Å². The molecule has 1 aliphatic heterocycles. The monoisotopic (exact) mass is 337 g/mol. The Morgan fingerprint density at radius 3 is 2.45 bits per heavy atom. The molecule has 118 valence electrons. The van der Waals surface area contributed by atoms with Crippen LogP contribution in [-0.2, 0) is 10.5 Å². The molecule has 4 nitrogen and oxygen atoms in total. The molecule has 1 atom stereocenters. The molecule has 0 saturated carbocycles. The lowest BCUT2D eigenvalue weighted by atomic mass is 9.77. The normalized spacial score (nSPS) is 25.5. The summed E-state index contributed by atoms with van der Waals surface area (Å²) in [5.41, 5.74) is 1.10. The van der Waals surface area contributed by atoms with Gasteiger partial charge in [0.2, 0.25) is 0 Å². The summed E-state index contributed by atoms with van der Waals surface area (Å²) in [7, 11) is 3.32. The van der Waals surface area contributed by atoms with Crippen LogP contribution in [0.1, 0.15) is 24.0 Å². The van der Waals surface area contributed by atoms with E-state index in [1.807, 2.05) is 35.7 Å². The smallest absolute Gasteiger partial charge is 0.124 e. The van der Waals surface area contributed by atoms with Crippen LogP contribution in [0, 0.1) is 11.3 Å². The van der Waals surface area contributed by atoms with E-state index >= 15 is 0 Å². The van der Waals surface area contributed by atoms with Gasteiger partial charge in [-0.25, -0.2) is 0 Å². The number of thioether (sulfide) groups is 2. The highest BCUT2D eigenvalue weighted by atomic mass is 32.2. The number of nitrogens with zero attached hydrogens (tertiary/aromatic N) is 1. The Balaban J connectivity index is 2.21. The van der Waals surface area contributed by atoms with Crippen LogP contribution >= 0.6 is 23.5 Å². The van der Waals surface area contributed by atoms with Gasteiger partial charge in [-0.1, -0.05) is 0 Å². The van der Waals surface area contributed by atoms with Gasteiger partial charge < -0.3 is 14.6 Å². The lowest BCUT2D eigenvalue weighted by Gasteiger charge is -2.43. The highest BCUT2D eigenvalue weighted by Crippen LogP contribution is 2.63. The zero-order valence-electron chi connectivity index (χ0n) is 12.7. The lowest BCUT2D eigenvalue weighted by Crippen LogP contribution is -2.43. The second kappa shape index (κ2) is 5.88. The molecule has 3 rings (SSSR count). The third-order valence-corrected chi connectivity index (χ3v) is 7.69. The average Bonchev–Trinajstić information content (AvgIpc) is 2.94. The summed E-state index contributed by atoms with van der Waals surface area (Å²) in [6, 6.07) is 5.96. The van der Waals surface area contributed by atoms with E-state index in [1.165, 1.54) is 0 Å². The molecular formula is C16H19NO3S2. The van der Waals surface area contributed by atoms with Crippen molar-refractivity contribution in [1.82, 2.24) is 0 Å². The first-order chi connectivity index (χ1) is 10.6. The Labute approximate surface area is 139 Å². The molecule has 1 heterocycles. The Morgan fingerprint density at radius 2 is 1.86 bits per heavy atom. The van der Waals surface area contributed by atoms with Crippen molar-refractivity contribution in [3.8, 4) is 17.6 Å². The third kappa shape index (κ3) is 2.45. The molecule has 2 aliphatic rings. The third-order valence-electron chi connectivity index (χ3n) is 4.28. The number of nitriles is 1. The van der Waals surface area contributed by atoms with Gasteiger partial charge in [0.15, 0.2) is 0 Å². The van der Waals surface area contributed by atoms with Crippen molar-refractivity contribution in [2.45, 2.75) is 28.9 Å². The fourth-order valence-corrected chi connectivity index (χ4v) is 7.09. The molecule has 1 aliphatic carbocycles. The van der Waals surface area contributed by atoms with Crippen molar-refractivity contribution < 1.29 is 14.6 Å². The van der Waals surface area contributed by atoms with Crippen molar-refractivity contribution in [2.75, 3.05) is 25.7 Å². The molecule has 1 fully saturated rings. The van der Waals surface area contributed by atoms with E-state index in [1.54, 1.807) is 14.2 Å². The summed E-state index contributed by atoms with van der Waals surface area (Å²) in [5.74, 6) is 3.68. The van der Waals surface area contributed by atoms with E-state index in [9.17, 15) is 5.11 Å². The standard InChI is InChI=1S/C16H19NO3S2/c1-19-12-3-4-13(20-2)14-11(12)9-15(18,5-6-17)10-16(14)21-7-8-22-16/h3-4,18H,5,7-10H2,1-2H3. The molecule has 0 radical (unpaired) electrons. The van der Waals surface area contributed by atoms with Crippen LogP contribution in [0.15, 0.2) is 12.1 Å². The maximum absolute atomic E-state index is 11.0. The van der Waals surface area contributed by atoms with Gasteiger partial charge in [-0.15, -0.1) is 23.5 Å². The maximum Gasteiger partial charge on any atom is 0.124 e. The molecule has 22 heavy (non-hydrogen) atoms. The molecule has 1 aromatic rings. The van der Waals surface area contributed by atoms with Crippen LogP contribution in [0.5, 0.6) is 11.5 Å². The summed E-state index contributed by atoms with van der Waals surface area (Å²) in [6.07, 6.45) is 1.13. The summed E-state index contributed by atoms with van der Waals surface area (Å²) in [4.78, 5) is 0. The molecule has 1 aromatic carbocycles. The van der Waals surface area contributed by atoms with E-state index < -0.39 is 5.60 Å². The molecule has 0 amide bonds. The number of methoxy groups -OCH3 is 2. The van der Waals surface area contributed by atoms with Gasteiger partial charge in [0.1, 0.15) is 11.5 Å². The summed E-state index contributed by atoms with van der Waals surface area (Å²) >= 11 is 3.69. The first kappa shape index (κ1) is 15.9. The number of hydrogen-bond acceptors (Lipinski definition) is 6.